The summed E-state index contributed by atoms with van der Waals surface area (Å²) in [5, 5.41) is 2.97. The van der Waals surface area contributed by atoms with Crippen LogP contribution in [0.4, 0.5) is 5.69 Å². The van der Waals surface area contributed by atoms with E-state index in [4.69, 9.17) is 0 Å². The van der Waals surface area contributed by atoms with Crippen LogP contribution < -0.4 is 9.62 Å². The fourth-order valence-electron chi connectivity index (χ4n) is 4.92. The monoisotopic (exact) mass is 643 g/mol. The van der Waals surface area contributed by atoms with Gasteiger partial charge in [0.1, 0.15) is 12.6 Å². The van der Waals surface area contributed by atoms with E-state index in [0.717, 1.165) is 37.9 Å². The summed E-state index contributed by atoms with van der Waals surface area (Å²) in [7, 11) is -4.14. The van der Waals surface area contributed by atoms with Crippen molar-refractivity contribution in [3.8, 4) is 0 Å². The van der Waals surface area contributed by atoms with Crippen LogP contribution in [0.25, 0.3) is 0 Å². The molecule has 7 nitrogen and oxygen atoms in total. The lowest BCUT2D eigenvalue weighted by molar-refractivity contribution is -0.140. The number of nitrogens with one attached hydrogen (secondary N) is 1. The molecule has 9 heteroatoms. The van der Waals surface area contributed by atoms with E-state index in [9.17, 15) is 18.0 Å². The zero-order valence-electron chi connectivity index (χ0n) is 26.3. The topological polar surface area (TPSA) is 86.8 Å². The minimum atomic E-state index is -4.14. The van der Waals surface area contributed by atoms with Crippen molar-refractivity contribution < 1.29 is 18.0 Å². The molecule has 4 aromatic rings. The van der Waals surface area contributed by atoms with Gasteiger partial charge < -0.3 is 10.2 Å². The Labute approximate surface area is 271 Å². The smallest absolute Gasteiger partial charge is 0.264 e. The van der Waals surface area contributed by atoms with Gasteiger partial charge in [0.15, 0.2) is 0 Å². The van der Waals surface area contributed by atoms with E-state index in [1.165, 1.54) is 16.7 Å². The van der Waals surface area contributed by atoms with Gasteiger partial charge in [0.2, 0.25) is 11.8 Å². The summed E-state index contributed by atoms with van der Waals surface area (Å²) in [6.07, 6.45) is 2.94. The summed E-state index contributed by atoms with van der Waals surface area (Å²) in [4.78, 5) is 30.8. The highest BCUT2D eigenvalue weighted by Crippen LogP contribution is 2.27. The molecule has 0 aliphatic rings. The molecule has 0 aromatic heterocycles. The molecular weight excluding hydrogens is 603 g/mol. The van der Waals surface area contributed by atoms with Gasteiger partial charge in [0.25, 0.3) is 10.0 Å². The van der Waals surface area contributed by atoms with Crippen LogP contribution in [0, 0.1) is 13.8 Å². The van der Waals surface area contributed by atoms with Gasteiger partial charge in [-0.05, 0) is 74.0 Å². The van der Waals surface area contributed by atoms with Crippen LogP contribution in [0.15, 0.2) is 113 Å². The summed E-state index contributed by atoms with van der Waals surface area (Å²) >= 11 is 1.52. The van der Waals surface area contributed by atoms with Gasteiger partial charge in [-0.25, -0.2) is 8.42 Å². The highest BCUT2D eigenvalue weighted by Gasteiger charge is 2.34. The largest absolute Gasteiger partial charge is 0.354 e. The zero-order valence-corrected chi connectivity index (χ0v) is 27.9. The molecule has 0 fully saturated rings. The molecule has 0 heterocycles. The molecule has 1 atom stereocenters. The van der Waals surface area contributed by atoms with Crippen LogP contribution in [0.3, 0.4) is 0 Å². The van der Waals surface area contributed by atoms with Gasteiger partial charge in [-0.2, -0.15) is 0 Å². The van der Waals surface area contributed by atoms with Crippen LogP contribution in [0.5, 0.6) is 0 Å². The first-order valence-corrected chi connectivity index (χ1v) is 17.7. The normalized spacial score (nSPS) is 11.9. The Hall–Kier alpha value is -4.08. The average Bonchev–Trinajstić information content (AvgIpc) is 3.05. The van der Waals surface area contributed by atoms with Crippen molar-refractivity contribution in [2.75, 3.05) is 23.7 Å². The molecule has 0 bridgehead atoms. The highest BCUT2D eigenvalue weighted by molar-refractivity contribution is 7.98. The second kappa shape index (κ2) is 15.8. The molecule has 0 aliphatic carbocycles. The molecule has 236 valence electrons. The number of carbonyl (C=O) groups excluding carboxylic acids is 2. The third kappa shape index (κ3) is 8.99. The Kier molecular flexibility index (Phi) is 11.8. The van der Waals surface area contributed by atoms with Crippen LogP contribution in [-0.2, 0) is 32.6 Å². The molecular formula is C36H41N3O4S2. The minimum absolute atomic E-state index is 0.0836. The standard InChI is InChI=1S/C36H41N3O4S2/c1-5-23-37-36(41)34(24-29-9-7-6-8-10-29)38(25-30-15-11-27(2)12-16-30)35(40)26-39(31-17-13-28(3)14-18-31)45(42,43)33-21-19-32(44-4)20-22-33/h6-22,34H,5,23-26H2,1-4H3,(H,37,41)/t34-/m1/s1. The van der Waals surface area contributed by atoms with Crippen molar-refractivity contribution in [2.24, 2.45) is 0 Å². The maximum atomic E-state index is 14.5. The number of sulfonamides is 1. The van der Waals surface area contributed by atoms with Gasteiger partial charge in [0.05, 0.1) is 10.6 Å². The van der Waals surface area contributed by atoms with Crippen molar-refractivity contribution in [2.45, 2.75) is 56.0 Å². The summed E-state index contributed by atoms with van der Waals surface area (Å²) in [5.74, 6) is -0.758. The average molecular weight is 644 g/mol. The fourth-order valence-corrected chi connectivity index (χ4v) is 6.75. The first-order chi connectivity index (χ1) is 21.6. The van der Waals surface area contributed by atoms with Crippen molar-refractivity contribution in [1.29, 1.82) is 0 Å². The number of hydrogen-bond acceptors (Lipinski definition) is 5. The molecule has 0 aliphatic heterocycles. The highest BCUT2D eigenvalue weighted by atomic mass is 32.2. The number of aryl methyl sites for hydroxylation is 2. The molecule has 0 spiro atoms. The van der Waals surface area contributed by atoms with Crippen LogP contribution in [0.1, 0.15) is 35.6 Å². The van der Waals surface area contributed by atoms with E-state index in [-0.39, 0.29) is 23.8 Å². The molecule has 0 unspecified atom stereocenters. The van der Waals surface area contributed by atoms with Crippen molar-refractivity contribution in [3.05, 3.63) is 125 Å². The van der Waals surface area contributed by atoms with E-state index < -0.39 is 28.5 Å². The second-order valence-electron chi connectivity index (χ2n) is 11.0. The number of thioether (sulfide) groups is 1. The first-order valence-electron chi connectivity index (χ1n) is 15.0. The van der Waals surface area contributed by atoms with Crippen molar-refractivity contribution >= 4 is 39.3 Å². The lowest BCUT2D eigenvalue weighted by atomic mass is 10.0. The van der Waals surface area contributed by atoms with E-state index in [0.29, 0.717) is 12.2 Å². The van der Waals surface area contributed by atoms with E-state index in [1.54, 1.807) is 36.4 Å². The molecule has 45 heavy (non-hydrogen) atoms. The minimum Gasteiger partial charge on any atom is -0.354 e. The predicted molar refractivity (Wildman–Crippen MR) is 183 cm³/mol. The predicted octanol–water partition coefficient (Wildman–Crippen LogP) is 6.39. The molecule has 0 saturated heterocycles. The number of rotatable bonds is 14. The third-order valence-corrected chi connectivity index (χ3v) is 10.1. The Balaban J connectivity index is 1.78. The fraction of sp³-hybridized carbons (Fsp3) is 0.278. The van der Waals surface area contributed by atoms with Gasteiger partial charge >= 0.3 is 0 Å². The van der Waals surface area contributed by atoms with Gasteiger partial charge in [-0.3, -0.25) is 13.9 Å². The lowest BCUT2D eigenvalue weighted by Gasteiger charge is -2.34. The van der Waals surface area contributed by atoms with E-state index in [1.807, 2.05) is 93.8 Å². The second-order valence-corrected chi connectivity index (χ2v) is 13.8. The van der Waals surface area contributed by atoms with Gasteiger partial charge in [0, 0.05) is 24.4 Å². The van der Waals surface area contributed by atoms with E-state index >= 15 is 0 Å². The number of nitrogens with zero attached hydrogens (tertiary/aromatic N) is 2. The summed E-state index contributed by atoms with van der Waals surface area (Å²) in [6.45, 7) is 6.00. The van der Waals surface area contributed by atoms with Crippen molar-refractivity contribution in [1.82, 2.24) is 10.2 Å². The first kappa shape index (κ1) is 33.8. The summed E-state index contributed by atoms with van der Waals surface area (Å²) in [6, 6.07) is 30.2. The maximum absolute atomic E-state index is 14.5. The van der Waals surface area contributed by atoms with Crippen molar-refractivity contribution in [3.63, 3.8) is 0 Å². The number of hydrogen-bond donors (Lipinski definition) is 1. The van der Waals surface area contributed by atoms with Gasteiger partial charge in [-0.1, -0.05) is 84.8 Å². The summed E-state index contributed by atoms with van der Waals surface area (Å²) in [5.41, 5.74) is 4.14. The molecule has 1 N–H and O–H groups in total. The lowest BCUT2D eigenvalue weighted by Crippen LogP contribution is -2.53. The molecule has 4 rings (SSSR count). The Morgan fingerprint density at radius 1 is 0.800 bits per heavy atom. The Morgan fingerprint density at radius 3 is 1.98 bits per heavy atom. The molecule has 0 radical (unpaired) electrons. The number of anilines is 1. The van der Waals surface area contributed by atoms with Crippen LogP contribution in [-0.4, -0.2) is 50.5 Å². The van der Waals surface area contributed by atoms with Crippen LogP contribution in [0.2, 0.25) is 0 Å². The SMILES string of the molecule is CCCNC(=O)[C@@H](Cc1ccccc1)N(Cc1ccc(C)cc1)C(=O)CN(c1ccc(C)cc1)S(=O)(=O)c1ccc(SC)cc1. The maximum Gasteiger partial charge on any atom is 0.264 e. The van der Waals surface area contributed by atoms with E-state index in [2.05, 4.69) is 5.32 Å². The zero-order chi connectivity index (χ0) is 32.4. The number of benzene rings is 4. The third-order valence-electron chi connectivity index (χ3n) is 7.54. The molecule has 4 aromatic carbocycles. The number of carbonyl (C=O) groups is 2. The number of amides is 2. The van der Waals surface area contributed by atoms with Crippen LogP contribution >= 0.6 is 11.8 Å². The Morgan fingerprint density at radius 2 is 1.40 bits per heavy atom. The summed E-state index contributed by atoms with van der Waals surface area (Å²) < 4.78 is 29.5. The molecule has 0 saturated carbocycles. The molecule has 2 amide bonds. The Bertz CT molecular complexity index is 1660. The van der Waals surface area contributed by atoms with Gasteiger partial charge in [-0.15, -0.1) is 11.8 Å². The quantitative estimate of drug-likeness (QED) is 0.161.